The lowest BCUT2D eigenvalue weighted by Crippen LogP contribution is -2.42. The van der Waals surface area contributed by atoms with Crippen molar-refractivity contribution in [2.75, 3.05) is 13.6 Å². The van der Waals surface area contributed by atoms with E-state index in [4.69, 9.17) is 0 Å². The van der Waals surface area contributed by atoms with Gasteiger partial charge in [0.1, 0.15) is 16.8 Å². The molecule has 1 aromatic heterocycles. The number of pyridine rings is 1. The Kier molecular flexibility index (Phi) is 6.40. The average Bonchev–Trinajstić information content (AvgIpc) is 2.65. The molecule has 28 heavy (non-hydrogen) atoms. The molecule has 1 N–H and O–H groups in total. The first kappa shape index (κ1) is 21.8. The van der Waals surface area contributed by atoms with Crippen molar-refractivity contribution in [3.63, 3.8) is 0 Å². The van der Waals surface area contributed by atoms with Gasteiger partial charge in [-0.2, -0.15) is 17.5 Å². The molecule has 1 unspecified atom stereocenters. The van der Waals surface area contributed by atoms with Crippen molar-refractivity contribution in [3.05, 3.63) is 59.7 Å². The maximum absolute atomic E-state index is 13.8. The predicted octanol–water partition coefficient (Wildman–Crippen LogP) is 2.89. The van der Waals surface area contributed by atoms with Crippen LogP contribution in [0.25, 0.3) is 0 Å². The zero-order chi connectivity index (χ0) is 21.1. The van der Waals surface area contributed by atoms with Crippen LogP contribution in [0, 0.1) is 5.82 Å². The molecule has 1 amide bonds. The first-order valence-electron chi connectivity index (χ1n) is 8.03. The molecule has 0 fully saturated rings. The van der Waals surface area contributed by atoms with Crippen molar-refractivity contribution in [1.29, 1.82) is 0 Å². The molecule has 0 saturated carbocycles. The largest absolute Gasteiger partial charge is 0.409 e. The molecule has 6 nitrogen and oxygen atoms in total. The summed E-state index contributed by atoms with van der Waals surface area (Å²) < 4.78 is 80.5. The second-order valence-electron chi connectivity index (χ2n) is 5.69. The topological polar surface area (TPSA) is 79.4 Å². The summed E-state index contributed by atoms with van der Waals surface area (Å²) in [7, 11) is -3.36. The van der Waals surface area contributed by atoms with Crippen LogP contribution in [0.4, 0.5) is 17.6 Å². The quantitative estimate of drug-likeness (QED) is 0.731. The lowest BCUT2D eigenvalue weighted by molar-refractivity contribution is -0.173. The van der Waals surface area contributed by atoms with Gasteiger partial charge in [0.2, 0.25) is 10.0 Å². The monoisotopic (exact) mass is 419 g/mol. The Bertz CT molecular complexity index is 947. The summed E-state index contributed by atoms with van der Waals surface area (Å²) in [4.78, 5) is 14.8. The highest BCUT2D eigenvalue weighted by Crippen LogP contribution is 2.40. The van der Waals surface area contributed by atoms with E-state index in [1.807, 2.05) is 0 Å². The molecule has 0 bridgehead atoms. The number of sulfonamides is 1. The minimum Gasteiger partial charge on any atom is -0.355 e. The molecule has 0 spiro atoms. The normalized spacial score (nSPS) is 13.4. The summed E-state index contributed by atoms with van der Waals surface area (Å²) in [5.74, 6) is -1.39. The average molecular weight is 419 g/mol. The third-order valence-corrected chi connectivity index (χ3v) is 5.81. The number of nitrogens with one attached hydrogen (secondary N) is 1. The van der Waals surface area contributed by atoms with Crippen molar-refractivity contribution < 1.29 is 30.8 Å². The Balaban J connectivity index is 2.59. The molecule has 0 saturated heterocycles. The SMILES string of the molecule is CCN(C(c1ccc(F)cc1)C(F)(F)F)S(=O)(=O)c1cncc(C(=O)NC)c1. The van der Waals surface area contributed by atoms with Gasteiger partial charge in [0.15, 0.2) is 0 Å². The summed E-state index contributed by atoms with van der Waals surface area (Å²) >= 11 is 0. The van der Waals surface area contributed by atoms with Crippen LogP contribution in [0.3, 0.4) is 0 Å². The number of amides is 1. The molecule has 0 aliphatic rings. The minimum absolute atomic E-state index is 0.120. The van der Waals surface area contributed by atoms with Crippen molar-refractivity contribution in [2.45, 2.75) is 24.0 Å². The fourth-order valence-corrected chi connectivity index (χ4v) is 4.22. The molecule has 0 aliphatic heterocycles. The molecule has 2 aromatic rings. The van der Waals surface area contributed by atoms with Gasteiger partial charge in [-0.25, -0.2) is 12.8 Å². The molecular weight excluding hydrogens is 402 g/mol. The number of carbonyl (C=O) groups is 1. The van der Waals surface area contributed by atoms with E-state index in [1.165, 1.54) is 14.0 Å². The highest BCUT2D eigenvalue weighted by atomic mass is 32.2. The van der Waals surface area contributed by atoms with E-state index in [2.05, 4.69) is 10.3 Å². The molecule has 2 rings (SSSR count). The summed E-state index contributed by atoms with van der Waals surface area (Å²) in [5.41, 5.74) is -0.556. The fourth-order valence-electron chi connectivity index (χ4n) is 2.62. The van der Waals surface area contributed by atoms with Gasteiger partial charge >= 0.3 is 6.18 Å². The van der Waals surface area contributed by atoms with Gasteiger partial charge < -0.3 is 5.32 Å². The number of hydrogen-bond donors (Lipinski definition) is 1. The third kappa shape index (κ3) is 4.47. The highest BCUT2D eigenvalue weighted by Gasteiger charge is 2.48. The second kappa shape index (κ2) is 8.23. The number of carbonyl (C=O) groups excluding carboxylic acids is 1. The van der Waals surface area contributed by atoms with E-state index in [-0.39, 0.29) is 9.87 Å². The summed E-state index contributed by atoms with van der Waals surface area (Å²) in [6.07, 6.45) is -3.01. The van der Waals surface area contributed by atoms with Crippen LogP contribution < -0.4 is 5.32 Å². The molecule has 1 aromatic carbocycles. The number of halogens is 4. The zero-order valence-electron chi connectivity index (χ0n) is 14.9. The van der Waals surface area contributed by atoms with Gasteiger partial charge in [-0.1, -0.05) is 19.1 Å². The first-order chi connectivity index (χ1) is 13.0. The number of hydrogen-bond acceptors (Lipinski definition) is 4. The Morgan fingerprint density at radius 1 is 1.21 bits per heavy atom. The van der Waals surface area contributed by atoms with Crippen LogP contribution >= 0.6 is 0 Å². The summed E-state index contributed by atoms with van der Waals surface area (Å²) in [5, 5.41) is 2.28. The summed E-state index contributed by atoms with van der Waals surface area (Å²) in [6.45, 7) is 0.726. The van der Waals surface area contributed by atoms with Crippen LogP contribution in [-0.4, -0.2) is 43.4 Å². The Labute approximate surface area is 159 Å². The maximum atomic E-state index is 13.8. The van der Waals surface area contributed by atoms with Crippen LogP contribution in [-0.2, 0) is 10.0 Å². The van der Waals surface area contributed by atoms with Gasteiger partial charge in [-0.3, -0.25) is 9.78 Å². The van der Waals surface area contributed by atoms with Crippen molar-refractivity contribution in [2.24, 2.45) is 0 Å². The van der Waals surface area contributed by atoms with Gasteiger partial charge in [0.25, 0.3) is 5.91 Å². The van der Waals surface area contributed by atoms with E-state index in [1.54, 1.807) is 0 Å². The van der Waals surface area contributed by atoms with Crippen molar-refractivity contribution in [1.82, 2.24) is 14.6 Å². The third-order valence-electron chi connectivity index (χ3n) is 3.90. The van der Waals surface area contributed by atoms with Gasteiger partial charge in [-0.05, 0) is 23.8 Å². The van der Waals surface area contributed by atoms with E-state index < -0.39 is 51.0 Å². The van der Waals surface area contributed by atoms with Crippen LogP contribution in [0.2, 0.25) is 0 Å². The minimum atomic E-state index is -4.97. The fraction of sp³-hybridized carbons (Fsp3) is 0.294. The highest BCUT2D eigenvalue weighted by molar-refractivity contribution is 7.89. The number of aromatic nitrogens is 1. The van der Waals surface area contributed by atoms with E-state index in [0.717, 1.165) is 42.7 Å². The van der Waals surface area contributed by atoms with Crippen molar-refractivity contribution >= 4 is 15.9 Å². The number of nitrogens with zero attached hydrogens (tertiary/aromatic N) is 2. The molecule has 0 aliphatic carbocycles. The second-order valence-corrected chi connectivity index (χ2v) is 7.58. The smallest absolute Gasteiger partial charge is 0.355 e. The van der Waals surface area contributed by atoms with E-state index in [9.17, 15) is 30.8 Å². The lowest BCUT2D eigenvalue weighted by atomic mass is 10.1. The Morgan fingerprint density at radius 2 is 1.82 bits per heavy atom. The number of alkyl halides is 3. The molecule has 1 atom stereocenters. The van der Waals surface area contributed by atoms with Gasteiger partial charge in [0, 0.05) is 26.0 Å². The lowest BCUT2D eigenvalue weighted by Gasteiger charge is -2.31. The molecule has 11 heteroatoms. The Morgan fingerprint density at radius 3 is 2.32 bits per heavy atom. The first-order valence-corrected chi connectivity index (χ1v) is 9.47. The van der Waals surface area contributed by atoms with Gasteiger partial charge in [-0.15, -0.1) is 0 Å². The molecular formula is C17H17F4N3O3S. The molecule has 152 valence electrons. The molecule has 0 radical (unpaired) electrons. The molecule has 1 heterocycles. The standard InChI is InChI=1S/C17H17F4N3O3S/c1-3-24(15(17(19,20)21)11-4-6-13(18)7-5-11)28(26,27)14-8-12(9-23-10-14)16(25)22-2/h4-10,15H,3H2,1-2H3,(H,22,25). The Hall–Kier alpha value is -2.53. The van der Waals surface area contributed by atoms with Crippen LogP contribution in [0.15, 0.2) is 47.6 Å². The van der Waals surface area contributed by atoms with E-state index in [0.29, 0.717) is 0 Å². The zero-order valence-corrected chi connectivity index (χ0v) is 15.7. The number of rotatable bonds is 6. The summed E-state index contributed by atoms with van der Waals surface area (Å²) in [6, 6.07) is 1.81. The predicted molar refractivity (Wildman–Crippen MR) is 92.4 cm³/mol. The number of benzene rings is 1. The van der Waals surface area contributed by atoms with Crippen LogP contribution in [0.5, 0.6) is 0 Å². The van der Waals surface area contributed by atoms with E-state index >= 15 is 0 Å². The van der Waals surface area contributed by atoms with Crippen LogP contribution in [0.1, 0.15) is 28.9 Å². The van der Waals surface area contributed by atoms with Gasteiger partial charge in [0.05, 0.1) is 5.56 Å². The maximum Gasteiger partial charge on any atom is 0.409 e. The van der Waals surface area contributed by atoms with Crippen molar-refractivity contribution in [3.8, 4) is 0 Å².